The average Bonchev–Trinajstić information content (AvgIpc) is 3.15. The first-order valence-electron chi connectivity index (χ1n) is 9.55. The van der Waals surface area contributed by atoms with Crippen LogP contribution in [0.25, 0.3) is 0 Å². The number of aromatic nitrogens is 1. The number of ether oxygens (including phenoxy) is 2. The van der Waals surface area contributed by atoms with Gasteiger partial charge in [-0.2, -0.15) is 0 Å². The van der Waals surface area contributed by atoms with Gasteiger partial charge in [0.25, 0.3) is 0 Å². The lowest BCUT2D eigenvalue weighted by molar-refractivity contribution is 0.354. The van der Waals surface area contributed by atoms with E-state index in [-0.39, 0.29) is 5.41 Å². The van der Waals surface area contributed by atoms with E-state index >= 15 is 0 Å². The van der Waals surface area contributed by atoms with Crippen LogP contribution in [0.15, 0.2) is 28.6 Å². The highest BCUT2D eigenvalue weighted by molar-refractivity contribution is 7.09. The first kappa shape index (κ1) is 22.0. The summed E-state index contributed by atoms with van der Waals surface area (Å²) in [7, 11) is 3.30. The van der Waals surface area contributed by atoms with Gasteiger partial charge in [-0.05, 0) is 31.0 Å². The lowest BCUT2D eigenvalue weighted by Gasteiger charge is -2.14. The summed E-state index contributed by atoms with van der Waals surface area (Å²) in [6.07, 6.45) is 0.857. The molecule has 28 heavy (non-hydrogen) atoms. The molecule has 0 unspecified atom stereocenters. The van der Waals surface area contributed by atoms with Crippen LogP contribution in [0.3, 0.4) is 0 Å². The Morgan fingerprint density at radius 2 is 1.89 bits per heavy atom. The van der Waals surface area contributed by atoms with E-state index < -0.39 is 0 Å². The van der Waals surface area contributed by atoms with Crippen molar-refractivity contribution in [3.05, 3.63) is 39.8 Å². The molecule has 0 aliphatic heterocycles. The fourth-order valence-corrected chi connectivity index (χ4v) is 3.52. The molecule has 0 atom stereocenters. The Hall–Kier alpha value is -2.28. The molecule has 0 spiro atoms. The summed E-state index contributed by atoms with van der Waals surface area (Å²) < 4.78 is 10.7. The van der Waals surface area contributed by atoms with Gasteiger partial charge in [-0.3, -0.25) is 0 Å². The highest BCUT2D eigenvalue weighted by Crippen LogP contribution is 2.27. The van der Waals surface area contributed by atoms with Gasteiger partial charge in [0.15, 0.2) is 17.5 Å². The van der Waals surface area contributed by atoms with E-state index in [1.807, 2.05) is 12.1 Å². The number of hydrogen-bond donors (Lipinski definition) is 2. The zero-order valence-corrected chi connectivity index (χ0v) is 18.6. The van der Waals surface area contributed by atoms with E-state index in [1.54, 1.807) is 25.6 Å². The van der Waals surface area contributed by atoms with Crippen LogP contribution in [0.1, 0.15) is 44.0 Å². The van der Waals surface area contributed by atoms with Gasteiger partial charge in [0.2, 0.25) is 0 Å². The van der Waals surface area contributed by atoms with Crippen molar-refractivity contribution in [3.63, 3.8) is 0 Å². The van der Waals surface area contributed by atoms with Crippen LogP contribution in [0.4, 0.5) is 0 Å². The molecule has 2 N–H and O–H groups in total. The molecule has 7 heteroatoms. The molecule has 0 bridgehead atoms. The van der Waals surface area contributed by atoms with Gasteiger partial charge in [0.1, 0.15) is 5.01 Å². The largest absolute Gasteiger partial charge is 0.493 e. The fraction of sp³-hybridized carbons (Fsp3) is 0.524. The minimum absolute atomic E-state index is 0.0701. The molecule has 1 aromatic carbocycles. The molecular formula is C21H32N4O2S. The molecule has 0 amide bonds. The monoisotopic (exact) mass is 404 g/mol. The van der Waals surface area contributed by atoms with Gasteiger partial charge in [0.05, 0.1) is 26.5 Å². The summed E-state index contributed by atoms with van der Waals surface area (Å²) in [5.74, 6) is 2.29. The summed E-state index contributed by atoms with van der Waals surface area (Å²) >= 11 is 1.67. The lowest BCUT2D eigenvalue weighted by atomic mass is 9.93. The molecule has 0 aliphatic rings. The van der Waals surface area contributed by atoms with Crippen LogP contribution in [-0.2, 0) is 18.4 Å². The second-order valence-corrected chi connectivity index (χ2v) is 8.38. The molecule has 2 aromatic rings. The second-order valence-electron chi connectivity index (χ2n) is 7.44. The van der Waals surface area contributed by atoms with Crippen molar-refractivity contribution < 1.29 is 9.47 Å². The number of guanidine groups is 1. The molecule has 1 aromatic heterocycles. The van der Waals surface area contributed by atoms with E-state index in [1.165, 1.54) is 5.56 Å². The summed E-state index contributed by atoms with van der Waals surface area (Å²) in [6, 6.07) is 5.99. The summed E-state index contributed by atoms with van der Waals surface area (Å²) in [5, 5.41) is 9.83. The number of aliphatic imine (C=N–C) groups is 1. The maximum absolute atomic E-state index is 5.37. The number of hydrogen-bond acceptors (Lipinski definition) is 5. The molecular weight excluding hydrogens is 372 g/mol. The SMILES string of the molecule is CCNC(=NCc1nc(C(C)(C)C)cs1)NCCc1ccc(OC)c(OC)c1. The van der Waals surface area contributed by atoms with Crippen molar-refractivity contribution in [2.75, 3.05) is 27.3 Å². The van der Waals surface area contributed by atoms with Crippen LogP contribution in [-0.4, -0.2) is 38.3 Å². The van der Waals surface area contributed by atoms with Crippen molar-refractivity contribution in [1.82, 2.24) is 15.6 Å². The highest BCUT2D eigenvalue weighted by Gasteiger charge is 2.17. The third kappa shape index (κ3) is 6.41. The van der Waals surface area contributed by atoms with Crippen LogP contribution in [0, 0.1) is 0 Å². The van der Waals surface area contributed by atoms with Gasteiger partial charge in [-0.25, -0.2) is 9.98 Å². The molecule has 0 aliphatic carbocycles. The van der Waals surface area contributed by atoms with Crippen molar-refractivity contribution >= 4 is 17.3 Å². The van der Waals surface area contributed by atoms with E-state index in [4.69, 9.17) is 14.5 Å². The molecule has 0 radical (unpaired) electrons. The number of nitrogens with zero attached hydrogens (tertiary/aromatic N) is 2. The minimum Gasteiger partial charge on any atom is -0.493 e. The number of thiazole rings is 1. The number of methoxy groups -OCH3 is 2. The normalized spacial score (nSPS) is 12.0. The van der Waals surface area contributed by atoms with Crippen molar-refractivity contribution in [2.45, 2.75) is 46.1 Å². The van der Waals surface area contributed by atoms with Crippen LogP contribution in [0.2, 0.25) is 0 Å². The molecule has 6 nitrogen and oxygen atoms in total. The third-order valence-electron chi connectivity index (χ3n) is 4.19. The Morgan fingerprint density at radius 3 is 2.50 bits per heavy atom. The summed E-state index contributed by atoms with van der Waals surface area (Å²) in [4.78, 5) is 9.38. The smallest absolute Gasteiger partial charge is 0.191 e. The molecule has 0 fully saturated rings. The van der Waals surface area contributed by atoms with Crippen molar-refractivity contribution in [2.24, 2.45) is 4.99 Å². The number of rotatable bonds is 8. The Labute approximate surface area is 172 Å². The summed E-state index contributed by atoms with van der Waals surface area (Å²) in [6.45, 7) is 10.7. The Morgan fingerprint density at radius 1 is 1.14 bits per heavy atom. The fourth-order valence-electron chi connectivity index (χ4n) is 2.58. The van der Waals surface area contributed by atoms with E-state index in [2.05, 4.69) is 54.8 Å². The Kier molecular flexibility index (Phi) is 8.11. The number of benzene rings is 1. The van der Waals surface area contributed by atoms with Crippen molar-refractivity contribution in [3.8, 4) is 11.5 Å². The first-order valence-corrected chi connectivity index (χ1v) is 10.4. The second kappa shape index (κ2) is 10.3. The maximum Gasteiger partial charge on any atom is 0.191 e. The van der Waals surface area contributed by atoms with Gasteiger partial charge in [-0.1, -0.05) is 26.8 Å². The topological polar surface area (TPSA) is 67.8 Å². The van der Waals surface area contributed by atoms with Gasteiger partial charge < -0.3 is 20.1 Å². The molecule has 2 rings (SSSR count). The third-order valence-corrected chi connectivity index (χ3v) is 5.02. The minimum atomic E-state index is 0.0701. The molecule has 0 saturated carbocycles. The quantitative estimate of drug-likeness (QED) is 0.518. The van der Waals surface area contributed by atoms with E-state index in [9.17, 15) is 0 Å². The van der Waals surface area contributed by atoms with Gasteiger partial charge in [-0.15, -0.1) is 11.3 Å². The predicted octanol–water partition coefficient (Wildman–Crippen LogP) is 3.76. The Bertz CT molecular complexity index is 781. The maximum atomic E-state index is 5.37. The molecule has 0 saturated heterocycles. The highest BCUT2D eigenvalue weighted by atomic mass is 32.1. The van der Waals surface area contributed by atoms with Crippen molar-refractivity contribution in [1.29, 1.82) is 0 Å². The standard InChI is InChI=1S/C21H32N4O2S/c1-7-22-20(24-13-19-25-18(14-28-19)21(2,3)4)23-11-10-15-8-9-16(26-5)17(12-15)27-6/h8-9,12,14H,7,10-11,13H2,1-6H3,(H2,22,23,24). The number of nitrogens with one attached hydrogen (secondary N) is 2. The zero-order valence-electron chi connectivity index (χ0n) is 17.8. The molecule has 154 valence electrons. The van der Waals surface area contributed by atoms with Gasteiger partial charge in [0, 0.05) is 23.9 Å². The first-order chi connectivity index (χ1) is 13.4. The van der Waals surface area contributed by atoms with Crippen LogP contribution >= 0.6 is 11.3 Å². The summed E-state index contributed by atoms with van der Waals surface area (Å²) in [5.41, 5.74) is 2.37. The zero-order chi connectivity index (χ0) is 20.6. The van der Waals surface area contributed by atoms with Gasteiger partial charge >= 0.3 is 0 Å². The van der Waals surface area contributed by atoms with E-state index in [0.717, 1.165) is 47.7 Å². The van der Waals surface area contributed by atoms with E-state index in [0.29, 0.717) is 6.54 Å². The van der Waals surface area contributed by atoms with Crippen LogP contribution in [0.5, 0.6) is 11.5 Å². The van der Waals surface area contributed by atoms with Crippen LogP contribution < -0.4 is 20.1 Å². The molecule has 1 heterocycles. The Balaban J connectivity index is 1.93. The predicted molar refractivity (Wildman–Crippen MR) is 117 cm³/mol. The average molecular weight is 405 g/mol. The lowest BCUT2D eigenvalue weighted by Crippen LogP contribution is -2.38.